The van der Waals surface area contributed by atoms with Crippen molar-refractivity contribution in [2.24, 2.45) is 11.8 Å². The average molecular weight is 319 g/mol. The average Bonchev–Trinajstić information content (AvgIpc) is 2.38. The van der Waals surface area contributed by atoms with Crippen LogP contribution in [-0.4, -0.2) is 53.5 Å². The van der Waals surface area contributed by atoms with Gasteiger partial charge in [-0.15, -0.1) is 0 Å². The quantitative estimate of drug-likeness (QED) is 0.390. The number of rotatable bonds is 8. The molecular formula is C16H34O4Si. The molecule has 4 nitrogen and oxygen atoms in total. The molecule has 0 aromatic carbocycles. The summed E-state index contributed by atoms with van der Waals surface area (Å²) in [6.07, 6.45) is 0.285. The van der Waals surface area contributed by atoms with Gasteiger partial charge in [-0.3, -0.25) is 0 Å². The van der Waals surface area contributed by atoms with Crippen LogP contribution in [0.15, 0.2) is 0 Å². The van der Waals surface area contributed by atoms with Crippen LogP contribution < -0.4 is 0 Å². The lowest BCUT2D eigenvalue weighted by atomic mass is 9.82. The van der Waals surface area contributed by atoms with Crippen LogP contribution in [0.3, 0.4) is 0 Å². The molecule has 1 heterocycles. The molecule has 21 heavy (non-hydrogen) atoms. The molecule has 1 saturated heterocycles. The van der Waals surface area contributed by atoms with Gasteiger partial charge in [0.15, 0.2) is 0 Å². The Balaban J connectivity index is 2.41. The van der Waals surface area contributed by atoms with E-state index < -0.39 is 8.07 Å². The van der Waals surface area contributed by atoms with Crippen molar-refractivity contribution in [2.45, 2.75) is 64.8 Å². The van der Waals surface area contributed by atoms with Gasteiger partial charge >= 0.3 is 0 Å². The molecule has 1 aliphatic rings. The van der Waals surface area contributed by atoms with Gasteiger partial charge in [0.2, 0.25) is 0 Å². The Morgan fingerprint density at radius 3 is 2.29 bits per heavy atom. The van der Waals surface area contributed by atoms with Crippen LogP contribution in [-0.2, 0) is 18.9 Å². The minimum Gasteiger partial charge on any atom is -0.382 e. The highest BCUT2D eigenvalue weighted by Gasteiger charge is 2.40. The van der Waals surface area contributed by atoms with Crippen LogP contribution in [0.1, 0.15) is 20.8 Å². The molecule has 0 radical (unpaired) electrons. The van der Waals surface area contributed by atoms with Crippen LogP contribution in [0, 0.1) is 11.8 Å². The molecule has 5 atom stereocenters. The molecule has 0 aliphatic carbocycles. The first-order valence-corrected chi connectivity index (χ1v) is 11.8. The summed E-state index contributed by atoms with van der Waals surface area (Å²) in [5, 5.41) is 0. The van der Waals surface area contributed by atoms with E-state index in [1.54, 1.807) is 7.11 Å². The first kappa shape index (κ1) is 19.1. The van der Waals surface area contributed by atoms with Crippen LogP contribution in [0.4, 0.5) is 0 Å². The summed E-state index contributed by atoms with van der Waals surface area (Å²) in [6, 6.07) is 1.17. The smallest absolute Gasteiger partial charge is 0.147 e. The van der Waals surface area contributed by atoms with Gasteiger partial charge in [-0.05, 0) is 24.8 Å². The Morgan fingerprint density at radius 1 is 1.05 bits per heavy atom. The second kappa shape index (κ2) is 8.63. The molecule has 0 bridgehead atoms. The molecule has 5 heteroatoms. The van der Waals surface area contributed by atoms with E-state index in [1.165, 1.54) is 6.04 Å². The molecular weight excluding hydrogens is 284 g/mol. The van der Waals surface area contributed by atoms with Gasteiger partial charge in [0.1, 0.15) is 12.9 Å². The second-order valence-electron chi connectivity index (χ2n) is 7.52. The van der Waals surface area contributed by atoms with Gasteiger partial charge in [0.05, 0.1) is 18.8 Å². The van der Waals surface area contributed by atoms with Crippen molar-refractivity contribution in [1.29, 1.82) is 0 Å². The highest BCUT2D eigenvalue weighted by atomic mass is 28.3. The third kappa shape index (κ3) is 6.36. The molecule has 2 unspecified atom stereocenters. The predicted molar refractivity (Wildman–Crippen MR) is 88.4 cm³/mol. The van der Waals surface area contributed by atoms with Crippen molar-refractivity contribution in [3.8, 4) is 0 Å². The minimum atomic E-state index is -1.03. The van der Waals surface area contributed by atoms with Gasteiger partial charge in [-0.2, -0.15) is 0 Å². The van der Waals surface area contributed by atoms with Crippen LogP contribution in [0.25, 0.3) is 0 Å². The van der Waals surface area contributed by atoms with Crippen LogP contribution in [0.2, 0.25) is 25.7 Å². The summed E-state index contributed by atoms with van der Waals surface area (Å²) in [4.78, 5) is 0. The highest BCUT2D eigenvalue weighted by molar-refractivity contribution is 6.76. The fourth-order valence-corrected chi connectivity index (χ4v) is 3.42. The van der Waals surface area contributed by atoms with Gasteiger partial charge in [0.25, 0.3) is 0 Å². The number of hydrogen-bond acceptors (Lipinski definition) is 4. The van der Waals surface area contributed by atoms with Gasteiger partial charge in [-0.25, -0.2) is 0 Å². The normalized spacial score (nSPS) is 34.1. The lowest BCUT2D eigenvalue weighted by Gasteiger charge is -2.43. The van der Waals surface area contributed by atoms with Gasteiger partial charge < -0.3 is 18.9 Å². The van der Waals surface area contributed by atoms with E-state index in [4.69, 9.17) is 18.9 Å². The monoisotopic (exact) mass is 318 g/mol. The van der Waals surface area contributed by atoms with E-state index in [0.717, 1.165) is 6.61 Å². The Hall–Kier alpha value is 0.0569. The van der Waals surface area contributed by atoms with E-state index in [0.29, 0.717) is 25.2 Å². The van der Waals surface area contributed by atoms with Crippen LogP contribution >= 0.6 is 0 Å². The predicted octanol–water partition coefficient (Wildman–Crippen LogP) is 3.39. The van der Waals surface area contributed by atoms with E-state index in [9.17, 15) is 0 Å². The molecule has 0 aromatic rings. The first-order valence-electron chi connectivity index (χ1n) is 8.10. The minimum absolute atomic E-state index is 0.00297. The van der Waals surface area contributed by atoms with Gasteiger partial charge in [-0.1, -0.05) is 33.5 Å². The maximum Gasteiger partial charge on any atom is 0.147 e. The zero-order valence-corrected chi connectivity index (χ0v) is 15.8. The van der Waals surface area contributed by atoms with E-state index >= 15 is 0 Å². The van der Waals surface area contributed by atoms with Crippen molar-refractivity contribution < 1.29 is 18.9 Å². The van der Waals surface area contributed by atoms with E-state index in [2.05, 4.69) is 40.4 Å². The Morgan fingerprint density at radius 2 is 1.71 bits per heavy atom. The lowest BCUT2D eigenvalue weighted by molar-refractivity contribution is -0.219. The summed E-state index contributed by atoms with van der Waals surface area (Å²) < 4.78 is 23.0. The number of ether oxygens (including phenoxy) is 4. The molecule has 0 aromatic heterocycles. The highest BCUT2D eigenvalue weighted by Crippen LogP contribution is 2.32. The van der Waals surface area contributed by atoms with Gasteiger partial charge in [0, 0.05) is 21.8 Å². The fraction of sp³-hybridized carbons (Fsp3) is 1.00. The van der Waals surface area contributed by atoms with E-state index in [1.807, 2.05) is 0 Å². The lowest BCUT2D eigenvalue weighted by Crippen LogP contribution is -2.51. The number of hydrogen-bond donors (Lipinski definition) is 0. The third-order valence-electron chi connectivity index (χ3n) is 4.52. The summed E-state index contributed by atoms with van der Waals surface area (Å²) in [6.45, 7) is 15.4. The fourth-order valence-electron chi connectivity index (χ4n) is 2.66. The summed E-state index contributed by atoms with van der Waals surface area (Å²) in [7, 11) is 0.675. The Kier molecular flexibility index (Phi) is 7.85. The number of methoxy groups -OCH3 is 1. The first-order chi connectivity index (χ1) is 9.76. The molecule has 0 spiro atoms. The summed E-state index contributed by atoms with van der Waals surface area (Å²) in [5.74, 6) is 0.916. The van der Waals surface area contributed by atoms with E-state index in [-0.39, 0.29) is 18.3 Å². The van der Waals surface area contributed by atoms with Crippen molar-refractivity contribution in [3.05, 3.63) is 0 Å². The molecule has 126 valence electrons. The summed E-state index contributed by atoms with van der Waals surface area (Å²) >= 11 is 0. The molecule has 1 fully saturated rings. The summed E-state index contributed by atoms with van der Waals surface area (Å²) in [5.41, 5.74) is 0. The van der Waals surface area contributed by atoms with Crippen LogP contribution in [0.5, 0.6) is 0 Å². The zero-order chi connectivity index (χ0) is 16.0. The molecule has 0 saturated carbocycles. The maximum absolute atomic E-state index is 6.03. The van der Waals surface area contributed by atoms with Crippen molar-refractivity contribution in [2.75, 3.05) is 27.1 Å². The van der Waals surface area contributed by atoms with Crippen molar-refractivity contribution in [1.82, 2.24) is 0 Å². The molecule has 0 amide bonds. The third-order valence-corrected chi connectivity index (χ3v) is 6.22. The van der Waals surface area contributed by atoms with Crippen molar-refractivity contribution in [3.63, 3.8) is 0 Å². The topological polar surface area (TPSA) is 36.9 Å². The van der Waals surface area contributed by atoms with Crippen molar-refractivity contribution >= 4 is 8.07 Å². The Bertz CT molecular complexity index is 292. The Labute approximate surface area is 131 Å². The SMILES string of the molecule is COCC1O[C@@H](C)C(C)[C@@H](C)[C@H]1OCOCC[Si](C)(C)C. The maximum atomic E-state index is 6.03. The second-order valence-corrected chi connectivity index (χ2v) is 13.1. The zero-order valence-electron chi connectivity index (χ0n) is 14.8. The molecule has 1 aliphatic heterocycles. The standard InChI is InChI=1S/C16H34O4Si/c1-12-13(2)16(15(10-17-4)20-14(12)3)19-11-18-8-9-21(5,6)7/h12-16H,8-11H2,1-7H3/t12?,13-,14+,15?,16-/m1/s1. The molecule has 1 rings (SSSR count). The largest absolute Gasteiger partial charge is 0.382 e. The molecule has 0 N–H and O–H groups in total.